The number of furan rings is 1. The number of alkyl halides is 3. The summed E-state index contributed by atoms with van der Waals surface area (Å²) >= 11 is 1.83. The molecule has 2 N–H and O–H groups in total. The van der Waals surface area contributed by atoms with Crippen molar-refractivity contribution in [1.29, 1.82) is 0 Å². The first-order chi connectivity index (χ1) is 14.6. The lowest BCUT2D eigenvalue weighted by molar-refractivity contribution is -0.192. The van der Waals surface area contributed by atoms with Gasteiger partial charge in [-0.2, -0.15) is 13.2 Å². The number of hydrogen-bond donors (Lipinski definition) is 2. The van der Waals surface area contributed by atoms with Crippen molar-refractivity contribution in [3.05, 3.63) is 46.0 Å². The highest BCUT2D eigenvalue weighted by molar-refractivity contribution is 7.10. The van der Waals surface area contributed by atoms with Crippen molar-refractivity contribution in [2.24, 2.45) is 11.8 Å². The van der Waals surface area contributed by atoms with Crippen molar-refractivity contribution in [2.45, 2.75) is 25.7 Å². The van der Waals surface area contributed by atoms with Crippen molar-refractivity contribution in [3.63, 3.8) is 0 Å². The summed E-state index contributed by atoms with van der Waals surface area (Å²) in [5.74, 6) is -1.66. The lowest BCUT2D eigenvalue weighted by atomic mass is 9.93. The number of thiophene rings is 1. The third kappa shape index (κ3) is 6.08. The molecule has 170 valence electrons. The molecule has 11 heteroatoms. The number of aryl methyl sites for hydroxylation is 1. The van der Waals surface area contributed by atoms with E-state index in [2.05, 4.69) is 28.6 Å². The first kappa shape index (κ1) is 23.3. The lowest BCUT2D eigenvalue weighted by Gasteiger charge is -2.19. The Morgan fingerprint density at radius 1 is 1.32 bits per heavy atom. The number of nitrogens with zero attached hydrogens (tertiary/aromatic N) is 1. The van der Waals surface area contributed by atoms with Crippen LogP contribution in [-0.4, -0.2) is 60.4 Å². The molecule has 0 spiro atoms. The van der Waals surface area contributed by atoms with Gasteiger partial charge in [-0.15, -0.1) is 11.3 Å². The van der Waals surface area contributed by atoms with E-state index >= 15 is 0 Å². The number of aliphatic carboxylic acids is 1. The fourth-order valence-electron chi connectivity index (χ4n) is 3.71. The minimum absolute atomic E-state index is 0.146. The minimum atomic E-state index is -5.08. The van der Waals surface area contributed by atoms with Gasteiger partial charge in [0.05, 0.1) is 19.0 Å². The van der Waals surface area contributed by atoms with E-state index in [1.807, 2.05) is 11.3 Å². The number of halogens is 3. The number of nitrogens with one attached hydrogen (secondary N) is 1. The summed E-state index contributed by atoms with van der Waals surface area (Å²) in [7, 11) is 0. The smallest absolute Gasteiger partial charge is 0.475 e. The summed E-state index contributed by atoms with van der Waals surface area (Å²) in [6.07, 6.45) is -3.26. The van der Waals surface area contributed by atoms with Crippen molar-refractivity contribution < 1.29 is 37.0 Å². The van der Waals surface area contributed by atoms with Gasteiger partial charge in [-0.05, 0) is 36.1 Å². The first-order valence-electron chi connectivity index (χ1n) is 9.64. The van der Waals surface area contributed by atoms with Crippen LogP contribution in [0.15, 0.2) is 34.3 Å². The number of amides is 1. The first-order valence-corrected chi connectivity index (χ1v) is 10.5. The average Bonchev–Trinajstić information content (AvgIpc) is 3.46. The largest absolute Gasteiger partial charge is 0.490 e. The molecule has 2 aliphatic rings. The molecule has 0 radical (unpaired) electrons. The van der Waals surface area contributed by atoms with Crippen LogP contribution >= 0.6 is 11.3 Å². The van der Waals surface area contributed by atoms with Crippen molar-refractivity contribution in [3.8, 4) is 0 Å². The molecule has 0 bridgehead atoms. The van der Waals surface area contributed by atoms with Crippen LogP contribution in [0.5, 0.6) is 0 Å². The third-order valence-corrected chi connectivity index (χ3v) is 6.37. The molecule has 2 aromatic heterocycles. The van der Waals surface area contributed by atoms with E-state index in [-0.39, 0.29) is 5.91 Å². The Balaban J connectivity index is 0.000000339. The van der Waals surface area contributed by atoms with Crippen LogP contribution in [-0.2, 0) is 16.1 Å². The molecule has 2 aliphatic heterocycles. The van der Waals surface area contributed by atoms with Crippen LogP contribution in [0.25, 0.3) is 0 Å². The summed E-state index contributed by atoms with van der Waals surface area (Å²) in [6, 6.07) is 5.59. The monoisotopic (exact) mass is 460 g/mol. The van der Waals surface area contributed by atoms with Gasteiger partial charge in [0.2, 0.25) is 0 Å². The van der Waals surface area contributed by atoms with Gasteiger partial charge in [0.25, 0.3) is 5.91 Å². The van der Waals surface area contributed by atoms with Gasteiger partial charge in [0.15, 0.2) is 5.76 Å². The van der Waals surface area contributed by atoms with Crippen LogP contribution in [0.3, 0.4) is 0 Å². The number of hydrogen-bond acceptors (Lipinski definition) is 6. The molecule has 0 aliphatic carbocycles. The molecule has 0 unspecified atom stereocenters. The molecule has 4 rings (SSSR count). The maximum Gasteiger partial charge on any atom is 0.490 e. The molecule has 31 heavy (non-hydrogen) atoms. The van der Waals surface area contributed by atoms with Crippen molar-refractivity contribution in [2.75, 3.05) is 26.2 Å². The van der Waals surface area contributed by atoms with Gasteiger partial charge < -0.3 is 19.6 Å². The highest BCUT2D eigenvalue weighted by Gasteiger charge is 2.43. The number of carboxylic acid groups (broad SMARTS) is 1. The van der Waals surface area contributed by atoms with E-state index in [0.717, 1.165) is 26.2 Å². The summed E-state index contributed by atoms with van der Waals surface area (Å²) in [4.78, 5) is 24.8. The molecule has 0 aromatic carbocycles. The summed E-state index contributed by atoms with van der Waals surface area (Å²) in [6.45, 7) is 6.59. The predicted octanol–water partition coefficient (Wildman–Crippen LogP) is 3.16. The zero-order valence-electron chi connectivity index (χ0n) is 16.7. The minimum Gasteiger partial charge on any atom is -0.475 e. The molecule has 1 amide bonds. The standard InChI is InChI=1S/C18H22N2O3S.C2HF3O2/c1-12-4-6-24-17(12)10-20-8-14-13(11-23-16(14)9-20)7-19-18(21)15-3-2-5-22-15;3-2(4,5)1(6)7/h2-6,13-14,16H,7-11H2,1H3,(H,19,21);(H,6,7)/t13-,14+,16+;/m0./s1. The maximum atomic E-state index is 12.0. The van der Waals surface area contributed by atoms with E-state index in [0.29, 0.717) is 30.2 Å². The molecule has 7 nitrogen and oxygen atoms in total. The van der Waals surface area contributed by atoms with E-state index in [9.17, 15) is 18.0 Å². The van der Waals surface area contributed by atoms with Gasteiger partial charge in [-0.3, -0.25) is 9.69 Å². The van der Waals surface area contributed by atoms with Crippen LogP contribution < -0.4 is 5.32 Å². The normalized spacial score (nSPS) is 23.2. The zero-order valence-corrected chi connectivity index (χ0v) is 17.5. The Morgan fingerprint density at radius 2 is 2.06 bits per heavy atom. The molecule has 4 heterocycles. The highest BCUT2D eigenvalue weighted by atomic mass is 32.1. The van der Waals surface area contributed by atoms with E-state index < -0.39 is 12.1 Å². The second-order valence-corrected chi connectivity index (χ2v) is 8.51. The number of carbonyl (C=O) groups is 2. The quantitative estimate of drug-likeness (QED) is 0.712. The molecule has 3 atom stereocenters. The fraction of sp³-hybridized carbons (Fsp3) is 0.500. The van der Waals surface area contributed by atoms with Crippen molar-refractivity contribution >= 4 is 23.2 Å². The van der Waals surface area contributed by atoms with Crippen molar-refractivity contribution in [1.82, 2.24) is 10.2 Å². The Kier molecular flexibility index (Phi) is 7.39. The highest BCUT2D eigenvalue weighted by Crippen LogP contribution is 2.34. The number of rotatable bonds is 5. The van der Waals surface area contributed by atoms with Gasteiger partial charge in [0, 0.05) is 42.9 Å². The van der Waals surface area contributed by atoms with Crippen LogP contribution in [0, 0.1) is 18.8 Å². The van der Waals surface area contributed by atoms with Crippen LogP contribution in [0.1, 0.15) is 21.0 Å². The molecule has 2 saturated heterocycles. The summed E-state index contributed by atoms with van der Waals surface area (Å²) in [5, 5.41) is 12.3. The third-order valence-electron chi connectivity index (χ3n) is 5.36. The molecule has 2 aromatic rings. The lowest BCUT2D eigenvalue weighted by Crippen LogP contribution is -2.34. The number of fused-ring (bicyclic) bond motifs is 1. The van der Waals surface area contributed by atoms with Gasteiger partial charge in [0.1, 0.15) is 0 Å². The Hall–Kier alpha value is -2.37. The maximum absolute atomic E-state index is 12.0. The topological polar surface area (TPSA) is 92.0 Å². The Labute approximate surface area is 180 Å². The molecule has 0 saturated carbocycles. The molecule has 2 fully saturated rings. The summed E-state index contributed by atoms with van der Waals surface area (Å²) in [5.41, 5.74) is 1.38. The Morgan fingerprint density at radius 3 is 2.65 bits per heavy atom. The number of likely N-dealkylation sites (tertiary alicyclic amines) is 1. The average molecular weight is 460 g/mol. The van der Waals surface area contributed by atoms with E-state index in [1.165, 1.54) is 16.7 Å². The number of carboxylic acids is 1. The van der Waals surface area contributed by atoms with Gasteiger partial charge in [-0.1, -0.05) is 0 Å². The molecular formula is C20H23F3N2O5S. The van der Waals surface area contributed by atoms with Crippen LogP contribution in [0.4, 0.5) is 13.2 Å². The predicted molar refractivity (Wildman–Crippen MR) is 106 cm³/mol. The van der Waals surface area contributed by atoms with Gasteiger partial charge in [-0.25, -0.2) is 4.79 Å². The van der Waals surface area contributed by atoms with Gasteiger partial charge >= 0.3 is 12.1 Å². The second kappa shape index (κ2) is 9.84. The van der Waals surface area contributed by atoms with E-state index in [1.54, 1.807) is 12.1 Å². The fourth-order valence-corrected chi connectivity index (χ4v) is 4.65. The number of carbonyl (C=O) groups excluding carboxylic acids is 1. The molecular weight excluding hydrogens is 437 g/mol. The Bertz CT molecular complexity index is 884. The SMILES string of the molecule is Cc1ccsc1CN1C[C@@H]2[C@@H](CNC(=O)c3ccco3)CO[C@@H]2C1.O=C(O)C(F)(F)F. The number of ether oxygens (including phenoxy) is 1. The zero-order chi connectivity index (χ0) is 22.6. The van der Waals surface area contributed by atoms with E-state index in [4.69, 9.17) is 19.1 Å². The summed E-state index contributed by atoms with van der Waals surface area (Å²) < 4.78 is 42.8. The van der Waals surface area contributed by atoms with Crippen LogP contribution in [0.2, 0.25) is 0 Å². The second-order valence-electron chi connectivity index (χ2n) is 7.51.